The van der Waals surface area contributed by atoms with Gasteiger partial charge in [-0.05, 0) is 18.2 Å². The molecule has 0 aliphatic heterocycles. The monoisotopic (exact) mass is 232 g/mol. The lowest BCUT2D eigenvalue weighted by Crippen LogP contribution is -2.36. The average molecular weight is 232 g/mol. The van der Waals surface area contributed by atoms with Gasteiger partial charge in [0.25, 0.3) is 0 Å². The highest BCUT2D eigenvalue weighted by Crippen LogP contribution is 2.35. The van der Waals surface area contributed by atoms with E-state index in [4.69, 9.17) is 4.74 Å². The molecule has 3 heteroatoms. The third-order valence-corrected chi connectivity index (χ3v) is 3.21. The predicted octanol–water partition coefficient (Wildman–Crippen LogP) is 2.17. The lowest BCUT2D eigenvalue weighted by Gasteiger charge is -2.29. The van der Waals surface area contributed by atoms with Gasteiger partial charge in [-0.2, -0.15) is 0 Å². The van der Waals surface area contributed by atoms with Gasteiger partial charge in [-0.1, -0.05) is 38.1 Å². The van der Waals surface area contributed by atoms with Crippen LogP contribution >= 0.6 is 0 Å². The van der Waals surface area contributed by atoms with Gasteiger partial charge in [-0.3, -0.25) is 0 Å². The molecule has 1 aliphatic carbocycles. The van der Waals surface area contributed by atoms with Crippen LogP contribution in [0.4, 0.5) is 0 Å². The Morgan fingerprint density at radius 2 is 1.88 bits per heavy atom. The second-order valence-corrected chi connectivity index (χ2v) is 4.84. The van der Waals surface area contributed by atoms with E-state index in [2.05, 4.69) is 0 Å². The zero-order chi connectivity index (χ0) is 12.5. The number of aliphatic hydroxyl groups is 1. The molecule has 0 heterocycles. The molecular weight excluding hydrogens is 216 g/mol. The van der Waals surface area contributed by atoms with Crippen molar-refractivity contribution in [1.29, 1.82) is 0 Å². The van der Waals surface area contributed by atoms with Gasteiger partial charge in [0.2, 0.25) is 0 Å². The van der Waals surface area contributed by atoms with Crippen molar-refractivity contribution in [2.45, 2.75) is 26.1 Å². The molecule has 3 nitrogen and oxygen atoms in total. The van der Waals surface area contributed by atoms with Crippen LogP contribution in [0, 0.1) is 5.41 Å². The van der Waals surface area contributed by atoms with Gasteiger partial charge >= 0.3 is 5.97 Å². The van der Waals surface area contributed by atoms with E-state index in [1.165, 1.54) is 0 Å². The first-order valence-electron chi connectivity index (χ1n) is 5.64. The predicted molar refractivity (Wildman–Crippen MR) is 64.6 cm³/mol. The number of esters is 1. The van der Waals surface area contributed by atoms with Crippen molar-refractivity contribution >= 4 is 5.97 Å². The van der Waals surface area contributed by atoms with Crippen molar-refractivity contribution in [3.63, 3.8) is 0 Å². The van der Waals surface area contributed by atoms with E-state index in [0.29, 0.717) is 5.56 Å². The second kappa shape index (κ2) is 4.34. The van der Waals surface area contributed by atoms with Gasteiger partial charge in [-0.25, -0.2) is 4.79 Å². The summed E-state index contributed by atoms with van der Waals surface area (Å²) in [6.07, 6.45) is 2.45. The minimum atomic E-state index is -0.573. The van der Waals surface area contributed by atoms with E-state index in [1.54, 1.807) is 36.4 Å². The number of rotatable bonds is 2. The number of carbonyl (C=O) groups is 1. The molecule has 0 unspecified atom stereocenters. The average Bonchev–Trinajstić information content (AvgIpc) is 2.57. The van der Waals surface area contributed by atoms with E-state index >= 15 is 0 Å². The summed E-state index contributed by atoms with van der Waals surface area (Å²) < 4.78 is 5.40. The molecule has 2 atom stereocenters. The van der Waals surface area contributed by atoms with E-state index < -0.39 is 11.5 Å². The highest BCUT2D eigenvalue weighted by atomic mass is 16.5. The number of aliphatic hydroxyl groups excluding tert-OH is 1. The van der Waals surface area contributed by atoms with Crippen molar-refractivity contribution in [2.75, 3.05) is 0 Å². The first kappa shape index (κ1) is 11.9. The number of carbonyl (C=O) groups excluding carboxylic acids is 1. The standard InChI is InChI=1S/C14H16O3/c1-14(2)11(15)8-9-12(14)17-13(16)10-6-4-3-5-7-10/h3-9,11-12,15H,1-2H3/t11-,12+/m1/s1. The summed E-state index contributed by atoms with van der Waals surface area (Å²) in [6, 6.07) is 8.86. The molecule has 0 fully saturated rings. The largest absolute Gasteiger partial charge is 0.454 e. The molecule has 17 heavy (non-hydrogen) atoms. The lowest BCUT2D eigenvalue weighted by molar-refractivity contribution is -0.0150. The quantitative estimate of drug-likeness (QED) is 0.628. The normalized spacial score (nSPS) is 25.8. The van der Waals surface area contributed by atoms with Gasteiger partial charge in [0.15, 0.2) is 0 Å². The van der Waals surface area contributed by atoms with Crippen LogP contribution in [0.3, 0.4) is 0 Å². The number of hydrogen-bond donors (Lipinski definition) is 1. The fourth-order valence-corrected chi connectivity index (χ4v) is 1.82. The Balaban J connectivity index is 2.08. The van der Waals surface area contributed by atoms with Crippen molar-refractivity contribution in [3.8, 4) is 0 Å². The van der Waals surface area contributed by atoms with Crippen LogP contribution in [0.2, 0.25) is 0 Å². The summed E-state index contributed by atoms with van der Waals surface area (Å²) in [5, 5.41) is 9.73. The summed E-state index contributed by atoms with van der Waals surface area (Å²) in [6.45, 7) is 3.75. The Bertz CT molecular complexity index is 434. The highest BCUT2D eigenvalue weighted by Gasteiger charge is 2.40. The van der Waals surface area contributed by atoms with Crippen LogP contribution in [0.5, 0.6) is 0 Å². The number of ether oxygens (including phenoxy) is 1. The molecule has 90 valence electrons. The zero-order valence-corrected chi connectivity index (χ0v) is 9.96. The molecule has 1 N–H and O–H groups in total. The lowest BCUT2D eigenvalue weighted by atomic mass is 9.86. The number of hydrogen-bond acceptors (Lipinski definition) is 3. The highest BCUT2D eigenvalue weighted by molar-refractivity contribution is 5.89. The van der Waals surface area contributed by atoms with Crippen LogP contribution < -0.4 is 0 Å². The molecule has 1 aliphatic rings. The smallest absolute Gasteiger partial charge is 0.338 e. The minimum absolute atomic E-state index is 0.359. The molecule has 1 aromatic rings. The Morgan fingerprint density at radius 3 is 2.41 bits per heavy atom. The first-order valence-corrected chi connectivity index (χ1v) is 5.64. The molecule has 0 amide bonds. The maximum atomic E-state index is 11.9. The Hall–Kier alpha value is -1.61. The zero-order valence-electron chi connectivity index (χ0n) is 9.96. The molecular formula is C14H16O3. The maximum Gasteiger partial charge on any atom is 0.338 e. The maximum absolute atomic E-state index is 11.9. The van der Waals surface area contributed by atoms with Crippen molar-refractivity contribution in [1.82, 2.24) is 0 Å². The molecule has 0 radical (unpaired) electrons. The fourth-order valence-electron chi connectivity index (χ4n) is 1.82. The van der Waals surface area contributed by atoms with Crippen LogP contribution in [0.15, 0.2) is 42.5 Å². The molecule has 0 spiro atoms. The molecule has 0 bridgehead atoms. The topological polar surface area (TPSA) is 46.5 Å². The summed E-state index contributed by atoms with van der Waals surface area (Å²) in [5.74, 6) is -0.359. The van der Waals surface area contributed by atoms with E-state index in [9.17, 15) is 9.90 Å². The molecule has 1 aromatic carbocycles. The van der Waals surface area contributed by atoms with E-state index in [1.807, 2.05) is 19.9 Å². The summed E-state index contributed by atoms with van der Waals surface area (Å²) in [5.41, 5.74) is 0.0582. The summed E-state index contributed by atoms with van der Waals surface area (Å²) >= 11 is 0. The van der Waals surface area contributed by atoms with Crippen molar-refractivity contribution < 1.29 is 14.6 Å². The van der Waals surface area contributed by atoms with Crippen molar-refractivity contribution in [3.05, 3.63) is 48.0 Å². The van der Waals surface area contributed by atoms with Crippen molar-refractivity contribution in [2.24, 2.45) is 5.41 Å². The number of benzene rings is 1. The summed E-state index contributed by atoms with van der Waals surface area (Å²) in [4.78, 5) is 11.9. The second-order valence-electron chi connectivity index (χ2n) is 4.84. The van der Waals surface area contributed by atoms with Crippen LogP contribution in [-0.2, 0) is 4.74 Å². The van der Waals surface area contributed by atoms with E-state index in [-0.39, 0.29) is 12.1 Å². The molecule has 2 rings (SSSR count). The van der Waals surface area contributed by atoms with Gasteiger partial charge < -0.3 is 9.84 Å². The Morgan fingerprint density at radius 1 is 1.24 bits per heavy atom. The van der Waals surface area contributed by atoms with Crippen LogP contribution in [0.25, 0.3) is 0 Å². The van der Waals surface area contributed by atoms with Gasteiger partial charge in [0.1, 0.15) is 6.10 Å². The summed E-state index contributed by atoms with van der Waals surface area (Å²) in [7, 11) is 0. The van der Waals surface area contributed by atoms with E-state index in [0.717, 1.165) is 0 Å². The van der Waals surface area contributed by atoms with Gasteiger partial charge in [0, 0.05) is 5.41 Å². The Kier molecular flexibility index (Phi) is 3.03. The molecule has 0 aromatic heterocycles. The molecule has 0 saturated heterocycles. The van der Waals surface area contributed by atoms with Crippen LogP contribution in [-0.4, -0.2) is 23.3 Å². The van der Waals surface area contributed by atoms with Gasteiger partial charge in [-0.15, -0.1) is 0 Å². The fraction of sp³-hybridized carbons (Fsp3) is 0.357. The first-order chi connectivity index (χ1) is 8.01. The SMILES string of the molecule is CC1(C)[C@H](O)C=C[C@@H]1OC(=O)c1ccccc1. The third kappa shape index (κ3) is 2.24. The Labute approximate surface area is 101 Å². The van der Waals surface area contributed by atoms with Gasteiger partial charge in [0.05, 0.1) is 11.7 Å². The minimum Gasteiger partial charge on any atom is -0.454 e. The third-order valence-electron chi connectivity index (χ3n) is 3.21. The van der Waals surface area contributed by atoms with Crippen LogP contribution in [0.1, 0.15) is 24.2 Å². The molecule has 0 saturated carbocycles.